The normalized spacial score (nSPS) is 16.5. The number of nitrogens with one attached hydrogen (secondary N) is 1. The van der Waals surface area contributed by atoms with Crippen LogP contribution >= 0.6 is 23.5 Å². The highest BCUT2D eigenvalue weighted by Crippen LogP contribution is 2.49. The van der Waals surface area contributed by atoms with Crippen LogP contribution in [0.5, 0.6) is 11.5 Å². The number of carbonyl (C=O) groups is 1. The lowest BCUT2D eigenvalue weighted by Crippen LogP contribution is -2.20. The van der Waals surface area contributed by atoms with E-state index in [1.807, 2.05) is 23.5 Å². The van der Waals surface area contributed by atoms with Crippen molar-refractivity contribution in [2.75, 3.05) is 38.5 Å². The number of benzene rings is 1. The van der Waals surface area contributed by atoms with Crippen molar-refractivity contribution in [1.29, 1.82) is 0 Å². The van der Waals surface area contributed by atoms with Crippen molar-refractivity contribution in [3.05, 3.63) is 23.3 Å². The number of methoxy groups -OCH3 is 1. The van der Waals surface area contributed by atoms with E-state index in [0.29, 0.717) is 17.8 Å². The van der Waals surface area contributed by atoms with Gasteiger partial charge in [0.1, 0.15) is 0 Å². The fourth-order valence-electron chi connectivity index (χ4n) is 2.78. The van der Waals surface area contributed by atoms with Crippen molar-refractivity contribution < 1.29 is 19.0 Å². The number of esters is 1. The van der Waals surface area contributed by atoms with E-state index in [2.05, 4.69) is 22.2 Å². The quantitative estimate of drug-likeness (QED) is 0.558. The van der Waals surface area contributed by atoms with Gasteiger partial charge in [0, 0.05) is 17.9 Å². The zero-order chi connectivity index (χ0) is 16.8. The molecule has 0 aromatic heterocycles. The third kappa shape index (κ3) is 4.52. The molecule has 2 aliphatic heterocycles. The Balaban J connectivity index is 1.55. The van der Waals surface area contributed by atoms with Crippen LogP contribution in [-0.4, -0.2) is 44.5 Å². The predicted octanol–water partition coefficient (Wildman–Crippen LogP) is 2.98. The van der Waals surface area contributed by atoms with Gasteiger partial charge in [-0.25, -0.2) is 0 Å². The van der Waals surface area contributed by atoms with E-state index in [0.717, 1.165) is 37.4 Å². The Bertz CT molecular complexity index is 576. The summed E-state index contributed by atoms with van der Waals surface area (Å²) in [5, 5.41) is 3.41. The molecule has 7 heteroatoms. The van der Waals surface area contributed by atoms with Crippen LogP contribution in [0.1, 0.15) is 28.6 Å². The Labute approximate surface area is 151 Å². The summed E-state index contributed by atoms with van der Waals surface area (Å²) >= 11 is 4.01. The van der Waals surface area contributed by atoms with Gasteiger partial charge < -0.3 is 19.5 Å². The Hall–Kier alpha value is -1.05. The molecule has 1 saturated heterocycles. The molecule has 1 aromatic carbocycles. The van der Waals surface area contributed by atoms with E-state index in [-0.39, 0.29) is 5.97 Å². The molecule has 0 atom stereocenters. The average molecular weight is 370 g/mol. The first-order chi connectivity index (χ1) is 11.8. The van der Waals surface area contributed by atoms with Gasteiger partial charge in [0.05, 0.1) is 11.7 Å². The largest absolute Gasteiger partial charge is 0.469 e. The van der Waals surface area contributed by atoms with Crippen LogP contribution in [0, 0.1) is 0 Å². The number of fused-ring (bicyclic) bond motifs is 1. The summed E-state index contributed by atoms with van der Waals surface area (Å²) < 4.78 is 16.2. The molecule has 5 nitrogen and oxygen atoms in total. The summed E-state index contributed by atoms with van der Waals surface area (Å²) in [7, 11) is 1.43. The van der Waals surface area contributed by atoms with Crippen LogP contribution in [0.15, 0.2) is 12.1 Å². The van der Waals surface area contributed by atoms with Crippen LogP contribution in [0.3, 0.4) is 0 Å². The van der Waals surface area contributed by atoms with Crippen molar-refractivity contribution in [2.24, 2.45) is 0 Å². The number of hydrogen-bond donors (Lipinski definition) is 1. The van der Waals surface area contributed by atoms with Crippen molar-refractivity contribution >= 4 is 29.5 Å². The lowest BCUT2D eigenvalue weighted by molar-refractivity contribution is -0.140. The summed E-state index contributed by atoms with van der Waals surface area (Å²) in [6.07, 6.45) is 2.21. The van der Waals surface area contributed by atoms with Gasteiger partial charge in [-0.2, -0.15) is 0 Å². The summed E-state index contributed by atoms with van der Waals surface area (Å²) in [4.78, 5) is 11.1. The molecule has 0 amide bonds. The van der Waals surface area contributed by atoms with Crippen molar-refractivity contribution in [2.45, 2.75) is 23.8 Å². The minimum Gasteiger partial charge on any atom is -0.469 e. The average Bonchev–Trinajstić information content (AvgIpc) is 3.27. The second-order valence-corrected chi connectivity index (χ2v) is 8.38. The Morgan fingerprint density at radius 2 is 2.00 bits per heavy atom. The summed E-state index contributed by atoms with van der Waals surface area (Å²) in [5.41, 5.74) is 2.69. The lowest BCUT2D eigenvalue weighted by atomic mass is 10.0. The molecule has 2 aliphatic rings. The number of carbonyl (C=O) groups excluding carboxylic acids is 1. The minimum atomic E-state index is -0.148. The van der Waals surface area contributed by atoms with E-state index < -0.39 is 0 Å². The zero-order valence-electron chi connectivity index (χ0n) is 13.8. The van der Waals surface area contributed by atoms with Crippen LogP contribution < -0.4 is 14.8 Å². The zero-order valence-corrected chi connectivity index (χ0v) is 15.5. The first-order valence-electron chi connectivity index (χ1n) is 8.21. The maximum atomic E-state index is 11.1. The smallest absolute Gasteiger partial charge is 0.305 e. The van der Waals surface area contributed by atoms with Crippen LogP contribution in [-0.2, 0) is 16.0 Å². The van der Waals surface area contributed by atoms with Crippen molar-refractivity contribution in [3.8, 4) is 11.5 Å². The topological polar surface area (TPSA) is 56.8 Å². The van der Waals surface area contributed by atoms with Crippen molar-refractivity contribution in [3.63, 3.8) is 0 Å². The van der Waals surface area contributed by atoms with E-state index in [1.165, 1.54) is 29.7 Å². The second-order valence-electron chi connectivity index (χ2n) is 5.66. The molecule has 1 aromatic rings. The summed E-state index contributed by atoms with van der Waals surface area (Å²) in [6, 6.07) is 4.29. The van der Waals surface area contributed by atoms with Gasteiger partial charge in [-0.1, -0.05) is 0 Å². The fraction of sp³-hybridized carbons (Fsp3) is 0.588. The van der Waals surface area contributed by atoms with Gasteiger partial charge in [-0.3, -0.25) is 4.79 Å². The van der Waals surface area contributed by atoms with E-state index in [9.17, 15) is 4.79 Å². The second kappa shape index (κ2) is 8.87. The third-order valence-electron chi connectivity index (χ3n) is 4.04. The molecule has 0 radical (unpaired) electrons. The van der Waals surface area contributed by atoms with Gasteiger partial charge >= 0.3 is 5.97 Å². The van der Waals surface area contributed by atoms with Gasteiger partial charge in [-0.05, 0) is 49.2 Å². The van der Waals surface area contributed by atoms with E-state index in [1.54, 1.807) is 0 Å². The first-order valence-corrected chi connectivity index (χ1v) is 10.3. The third-order valence-corrected chi connectivity index (χ3v) is 7.11. The number of hydrogen-bond acceptors (Lipinski definition) is 7. The monoisotopic (exact) mass is 369 g/mol. The Morgan fingerprint density at radius 1 is 1.25 bits per heavy atom. The van der Waals surface area contributed by atoms with Gasteiger partial charge in [-0.15, -0.1) is 23.5 Å². The molecule has 0 spiro atoms. The molecule has 0 saturated carbocycles. The van der Waals surface area contributed by atoms with Gasteiger partial charge in [0.15, 0.2) is 11.5 Å². The molecule has 0 bridgehead atoms. The lowest BCUT2D eigenvalue weighted by Gasteiger charge is -2.16. The van der Waals surface area contributed by atoms with Crippen LogP contribution in [0.2, 0.25) is 0 Å². The highest BCUT2D eigenvalue weighted by molar-refractivity contribution is 8.19. The highest BCUT2D eigenvalue weighted by atomic mass is 32.2. The molecule has 2 heterocycles. The first kappa shape index (κ1) is 17.8. The number of thioether (sulfide) groups is 2. The molecular weight excluding hydrogens is 346 g/mol. The van der Waals surface area contributed by atoms with Gasteiger partial charge in [0.25, 0.3) is 0 Å². The maximum Gasteiger partial charge on any atom is 0.305 e. The predicted molar refractivity (Wildman–Crippen MR) is 98.0 cm³/mol. The van der Waals surface area contributed by atoms with Crippen molar-refractivity contribution in [1.82, 2.24) is 5.32 Å². The molecule has 132 valence electrons. The minimum absolute atomic E-state index is 0.148. The molecule has 3 rings (SSSR count). The molecule has 24 heavy (non-hydrogen) atoms. The fourth-order valence-corrected chi connectivity index (χ4v) is 5.74. The maximum absolute atomic E-state index is 11.1. The van der Waals surface area contributed by atoms with Crippen LogP contribution in [0.4, 0.5) is 0 Å². The number of ether oxygens (including phenoxy) is 3. The van der Waals surface area contributed by atoms with Crippen LogP contribution in [0.25, 0.3) is 0 Å². The molecule has 1 fully saturated rings. The molecule has 1 N–H and O–H groups in total. The van der Waals surface area contributed by atoms with E-state index in [4.69, 9.17) is 9.47 Å². The summed E-state index contributed by atoms with van der Waals surface area (Å²) in [6.45, 7) is 2.02. The molecular formula is C17H23NO4S2. The summed E-state index contributed by atoms with van der Waals surface area (Å²) in [5.74, 6) is 3.98. The highest BCUT2D eigenvalue weighted by Gasteiger charge is 2.25. The standard InChI is InChI=1S/C17H23NO4S2/c1-20-16(19)3-2-5-18-6-4-12-9-14-15(22-11-21-14)10-13(12)17-23-7-8-24-17/h9-10,17-18H,2-8,11H2,1H3. The Morgan fingerprint density at radius 3 is 2.75 bits per heavy atom. The van der Waals surface area contributed by atoms with E-state index >= 15 is 0 Å². The van der Waals surface area contributed by atoms with Gasteiger partial charge in [0.2, 0.25) is 6.79 Å². The SMILES string of the molecule is COC(=O)CCCNCCc1cc2c(cc1C1SCCS1)OCO2. The Kier molecular flexibility index (Phi) is 6.57. The molecule has 0 unspecified atom stereocenters. The number of rotatable bonds is 8. The molecule has 0 aliphatic carbocycles.